The second-order valence-electron chi connectivity index (χ2n) is 7.07. The number of rotatable bonds is 6. The summed E-state index contributed by atoms with van der Waals surface area (Å²) in [6, 6.07) is 16.1. The van der Waals surface area contributed by atoms with Gasteiger partial charge in [0.05, 0.1) is 12.1 Å². The van der Waals surface area contributed by atoms with E-state index in [9.17, 15) is 4.79 Å². The molecule has 2 aromatic carbocycles. The molecule has 0 fully saturated rings. The summed E-state index contributed by atoms with van der Waals surface area (Å²) in [6.07, 6.45) is 2.46. The van der Waals surface area contributed by atoms with Crippen LogP contribution in [0.1, 0.15) is 19.4 Å². The third-order valence-corrected chi connectivity index (χ3v) is 6.39. The minimum atomic E-state index is -0.00990. The number of fused-ring (bicyclic) bond motifs is 1. The van der Waals surface area contributed by atoms with Gasteiger partial charge in [0.1, 0.15) is 0 Å². The van der Waals surface area contributed by atoms with Crippen LogP contribution in [0.5, 0.6) is 0 Å². The molecule has 4 rings (SSSR count). The number of nitrogens with one attached hydrogen (secondary N) is 1. The van der Waals surface area contributed by atoms with E-state index in [1.54, 1.807) is 11.8 Å². The molecule has 28 heavy (non-hydrogen) atoms. The molecular formula is C22H23N3OS2. The fourth-order valence-electron chi connectivity index (χ4n) is 3.15. The van der Waals surface area contributed by atoms with E-state index >= 15 is 0 Å². The van der Waals surface area contributed by atoms with E-state index in [-0.39, 0.29) is 5.91 Å². The number of carbonyl (C=O) groups excluding carboxylic acids is 1. The number of imidazole rings is 1. The third-order valence-electron chi connectivity index (χ3n) is 4.41. The molecule has 0 radical (unpaired) electrons. The summed E-state index contributed by atoms with van der Waals surface area (Å²) < 4.78 is 2.19. The minimum Gasteiger partial charge on any atom is -0.326 e. The molecule has 1 amide bonds. The summed E-state index contributed by atoms with van der Waals surface area (Å²) in [6.45, 7) is 5.37. The van der Waals surface area contributed by atoms with E-state index < -0.39 is 0 Å². The predicted octanol–water partition coefficient (Wildman–Crippen LogP) is 5.34. The monoisotopic (exact) mass is 409 g/mol. The van der Waals surface area contributed by atoms with Gasteiger partial charge in [-0.15, -0.1) is 11.8 Å². The summed E-state index contributed by atoms with van der Waals surface area (Å²) in [4.78, 5) is 18.4. The molecule has 0 saturated carbocycles. The van der Waals surface area contributed by atoms with Crippen molar-refractivity contribution in [3.05, 3.63) is 60.3 Å². The van der Waals surface area contributed by atoms with Gasteiger partial charge in [-0.3, -0.25) is 4.79 Å². The van der Waals surface area contributed by atoms with Crippen LogP contribution in [0.4, 0.5) is 5.69 Å². The van der Waals surface area contributed by atoms with Gasteiger partial charge in [0.2, 0.25) is 5.91 Å². The van der Waals surface area contributed by atoms with Crippen molar-refractivity contribution in [3.63, 3.8) is 0 Å². The summed E-state index contributed by atoms with van der Waals surface area (Å²) in [7, 11) is 0. The molecule has 0 aliphatic carbocycles. The van der Waals surface area contributed by atoms with Crippen molar-refractivity contribution in [2.24, 2.45) is 0 Å². The molecule has 1 N–H and O–H groups in total. The third kappa shape index (κ3) is 4.62. The number of thioether (sulfide) groups is 2. The highest BCUT2D eigenvalue weighted by atomic mass is 32.2. The van der Waals surface area contributed by atoms with Crippen molar-refractivity contribution in [2.75, 3.05) is 11.1 Å². The van der Waals surface area contributed by atoms with Crippen molar-refractivity contribution >= 4 is 35.1 Å². The first-order chi connectivity index (χ1) is 13.6. The lowest BCUT2D eigenvalue weighted by Crippen LogP contribution is -2.14. The van der Waals surface area contributed by atoms with Crippen LogP contribution in [-0.2, 0) is 17.8 Å². The maximum absolute atomic E-state index is 12.5. The smallest absolute Gasteiger partial charge is 0.228 e. The van der Waals surface area contributed by atoms with Crippen LogP contribution >= 0.6 is 23.5 Å². The van der Waals surface area contributed by atoms with Crippen LogP contribution in [0.15, 0.2) is 64.8 Å². The Morgan fingerprint density at radius 3 is 2.82 bits per heavy atom. The number of benzene rings is 2. The largest absolute Gasteiger partial charge is 0.326 e. The maximum Gasteiger partial charge on any atom is 0.228 e. The topological polar surface area (TPSA) is 46.9 Å². The van der Waals surface area contributed by atoms with Crippen molar-refractivity contribution in [1.29, 1.82) is 0 Å². The van der Waals surface area contributed by atoms with Crippen LogP contribution in [-0.4, -0.2) is 26.5 Å². The van der Waals surface area contributed by atoms with Gasteiger partial charge in [-0.2, -0.15) is 0 Å². The van der Waals surface area contributed by atoms with Crippen molar-refractivity contribution in [3.8, 4) is 11.3 Å². The maximum atomic E-state index is 12.5. The Labute approximate surface area is 174 Å². The van der Waals surface area contributed by atoms with E-state index in [1.807, 2.05) is 48.2 Å². The van der Waals surface area contributed by atoms with Gasteiger partial charge in [-0.1, -0.05) is 49.9 Å². The fraction of sp³-hybridized carbons (Fsp3) is 0.273. The van der Waals surface area contributed by atoms with Gasteiger partial charge in [-0.25, -0.2) is 4.98 Å². The van der Waals surface area contributed by atoms with Gasteiger partial charge < -0.3 is 9.88 Å². The highest BCUT2D eigenvalue weighted by molar-refractivity contribution is 8.00. The summed E-state index contributed by atoms with van der Waals surface area (Å²) in [5, 5.41) is 4.64. The molecule has 0 bridgehead atoms. The molecule has 3 aromatic rings. The fourth-order valence-corrected chi connectivity index (χ4v) is 4.93. The van der Waals surface area contributed by atoms with Gasteiger partial charge in [-0.05, 0) is 29.8 Å². The average Bonchev–Trinajstić information content (AvgIpc) is 3.25. The van der Waals surface area contributed by atoms with Crippen LogP contribution in [0.3, 0.4) is 0 Å². The first-order valence-electron chi connectivity index (χ1n) is 9.43. The Morgan fingerprint density at radius 1 is 1.25 bits per heavy atom. The van der Waals surface area contributed by atoms with E-state index in [0.717, 1.165) is 40.0 Å². The lowest BCUT2D eigenvalue weighted by molar-refractivity contribution is -0.115. The van der Waals surface area contributed by atoms with Crippen LogP contribution in [0, 0.1) is 0 Å². The second kappa shape index (κ2) is 8.45. The molecule has 0 atom stereocenters. The van der Waals surface area contributed by atoms with Crippen LogP contribution < -0.4 is 5.32 Å². The van der Waals surface area contributed by atoms with Crippen molar-refractivity contribution in [2.45, 2.75) is 42.1 Å². The molecule has 0 spiro atoms. The Bertz CT molecular complexity index is 958. The zero-order valence-corrected chi connectivity index (χ0v) is 17.6. The first-order valence-corrected chi connectivity index (χ1v) is 11.3. The first kappa shape index (κ1) is 19.2. The number of amides is 1. The standard InChI is InChI=1S/C22H23N3OS2/c1-15(2)28-19-8-6-16(7-9-19)12-21(26)23-18-5-3-4-17(13-18)20-14-25-10-11-27-22(25)24-20/h3-9,13-15H,10-12H2,1-2H3,(H,23,26). The van der Waals surface area contributed by atoms with Gasteiger partial charge in [0.15, 0.2) is 5.16 Å². The Kier molecular flexibility index (Phi) is 5.78. The van der Waals surface area contributed by atoms with Crippen LogP contribution in [0.2, 0.25) is 0 Å². The lowest BCUT2D eigenvalue weighted by Gasteiger charge is -2.08. The number of aromatic nitrogens is 2. The average molecular weight is 410 g/mol. The number of anilines is 1. The number of aryl methyl sites for hydroxylation is 1. The van der Waals surface area contributed by atoms with Gasteiger partial charge >= 0.3 is 0 Å². The molecule has 1 aliphatic heterocycles. The molecule has 1 aliphatic rings. The van der Waals surface area contributed by atoms with E-state index in [2.05, 4.69) is 47.0 Å². The molecule has 4 nitrogen and oxygen atoms in total. The highest BCUT2D eigenvalue weighted by Crippen LogP contribution is 2.30. The molecule has 1 aromatic heterocycles. The normalized spacial score (nSPS) is 13.0. The molecule has 2 heterocycles. The quantitative estimate of drug-likeness (QED) is 0.559. The molecule has 0 unspecified atom stereocenters. The number of hydrogen-bond acceptors (Lipinski definition) is 4. The molecule has 6 heteroatoms. The van der Waals surface area contributed by atoms with E-state index in [0.29, 0.717) is 11.7 Å². The summed E-state index contributed by atoms with van der Waals surface area (Å²) >= 11 is 3.61. The second-order valence-corrected chi connectivity index (χ2v) is 9.78. The summed E-state index contributed by atoms with van der Waals surface area (Å²) in [5.74, 6) is 1.08. The van der Waals surface area contributed by atoms with Gasteiger partial charge in [0, 0.05) is 39.9 Å². The van der Waals surface area contributed by atoms with Crippen LogP contribution in [0.25, 0.3) is 11.3 Å². The Morgan fingerprint density at radius 2 is 2.07 bits per heavy atom. The zero-order chi connectivity index (χ0) is 19.5. The number of nitrogens with zero attached hydrogens (tertiary/aromatic N) is 2. The SMILES string of the molecule is CC(C)Sc1ccc(CC(=O)Nc2cccc(-c3cn4c(n3)SCC4)c2)cc1. The van der Waals surface area contributed by atoms with E-state index in [4.69, 9.17) is 0 Å². The Balaban J connectivity index is 1.40. The van der Waals surface area contributed by atoms with Gasteiger partial charge in [0.25, 0.3) is 0 Å². The van der Waals surface area contributed by atoms with E-state index in [1.165, 1.54) is 4.90 Å². The predicted molar refractivity (Wildman–Crippen MR) is 118 cm³/mol. The van der Waals surface area contributed by atoms with Crippen molar-refractivity contribution in [1.82, 2.24) is 9.55 Å². The Hall–Kier alpha value is -2.18. The summed E-state index contributed by atoms with van der Waals surface area (Å²) in [5.41, 5.74) is 3.80. The number of hydrogen-bond donors (Lipinski definition) is 1. The van der Waals surface area contributed by atoms with Crippen molar-refractivity contribution < 1.29 is 4.79 Å². The number of carbonyl (C=O) groups is 1. The molecule has 144 valence electrons. The molecule has 0 saturated heterocycles. The lowest BCUT2D eigenvalue weighted by atomic mass is 10.1. The minimum absolute atomic E-state index is 0.00990. The zero-order valence-electron chi connectivity index (χ0n) is 16.0. The highest BCUT2D eigenvalue weighted by Gasteiger charge is 2.15. The molecular weight excluding hydrogens is 386 g/mol.